The van der Waals surface area contributed by atoms with Crippen molar-refractivity contribution in [1.29, 1.82) is 0 Å². The molecule has 0 unspecified atom stereocenters. The zero-order valence-electron chi connectivity index (χ0n) is 17.7. The van der Waals surface area contributed by atoms with Gasteiger partial charge in [-0.3, -0.25) is 19.5 Å². The average Bonchev–Trinajstić information content (AvgIpc) is 3.36. The zero-order chi connectivity index (χ0) is 23.3. The third kappa shape index (κ3) is 4.94. The normalized spacial score (nSPS) is 10.6. The highest BCUT2D eigenvalue weighted by atomic mass is 32.2. The SMILES string of the molecule is CCOC(=O)c1c(C)oc(NC(=O)CSc2nccn2-c2cccc(OC)c2)c1C(N)=O. The maximum atomic E-state index is 12.5. The molecule has 0 bridgehead atoms. The molecule has 3 aromatic rings. The van der Waals surface area contributed by atoms with Crippen LogP contribution in [0.3, 0.4) is 0 Å². The molecule has 0 radical (unpaired) electrons. The molecule has 2 heterocycles. The van der Waals surface area contributed by atoms with Crippen LogP contribution in [0.5, 0.6) is 5.75 Å². The van der Waals surface area contributed by atoms with Crippen molar-refractivity contribution >= 4 is 35.4 Å². The highest BCUT2D eigenvalue weighted by Crippen LogP contribution is 2.28. The van der Waals surface area contributed by atoms with Gasteiger partial charge >= 0.3 is 5.97 Å². The minimum absolute atomic E-state index is 0.0341. The third-order valence-corrected chi connectivity index (χ3v) is 5.30. The van der Waals surface area contributed by atoms with Crippen LogP contribution in [0.1, 0.15) is 33.4 Å². The van der Waals surface area contributed by atoms with Gasteiger partial charge in [-0.15, -0.1) is 0 Å². The number of benzene rings is 1. The standard InChI is InChI=1S/C21H22N4O6S/c1-4-30-20(28)16-12(2)31-19(17(16)18(22)27)24-15(26)11-32-21-23-8-9-25(21)13-6-5-7-14(10-13)29-3/h5-10H,4,11H2,1-3H3,(H2,22,27)(H,24,26). The number of esters is 1. The number of thioether (sulfide) groups is 1. The molecule has 0 saturated carbocycles. The number of primary amides is 1. The third-order valence-electron chi connectivity index (χ3n) is 4.33. The number of hydrogen-bond acceptors (Lipinski definition) is 8. The van der Waals surface area contributed by atoms with Crippen molar-refractivity contribution in [3.63, 3.8) is 0 Å². The molecule has 32 heavy (non-hydrogen) atoms. The Morgan fingerprint density at radius 1 is 1.28 bits per heavy atom. The van der Waals surface area contributed by atoms with Crippen molar-refractivity contribution in [2.75, 3.05) is 24.8 Å². The number of aryl methyl sites for hydroxylation is 1. The number of hydrogen-bond donors (Lipinski definition) is 2. The quantitative estimate of drug-likeness (QED) is 0.369. The molecule has 3 N–H and O–H groups in total. The Hall–Kier alpha value is -3.73. The highest BCUT2D eigenvalue weighted by molar-refractivity contribution is 7.99. The van der Waals surface area contributed by atoms with Crippen molar-refractivity contribution in [3.05, 3.63) is 53.5 Å². The van der Waals surface area contributed by atoms with Crippen LogP contribution in [0.2, 0.25) is 0 Å². The van der Waals surface area contributed by atoms with E-state index in [1.165, 1.54) is 18.7 Å². The van der Waals surface area contributed by atoms with Crippen molar-refractivity contribution in [2.24, 2.45) is 5.73 Å². The Balaban J connectivity index is 1.74. The van der Waals surface area contributed by atoms with Crippen LogP contribution in [0.4, 0.5) is 5.88 Å². The van der Waals surface area contributed by atoms with E-state index < -0.39 is 17.8 Å². The molecule has 2 aromatic heterocycles. The van der Waals surface area contributed by atoms with E-state index in [9.17, 15) is 14.4 Å². The summed E-state index contributed by atoms with van der Waals surface area (Å²) >= 11 is 1.18. The van der Waals surface area contributed by atoms with E-state index >= 15 is 0 Å². The van der Waals surface area contributed by atoms with Gasteiger partial charge in [0, 0.05) is 18.5 Å². The number of methoxy groups -OCH3 is 1. The lowest BCUT2D eigenvalue weighted by Crippen LogP contribution is -2.21. The summed E-state index contributed by atoms with van der Waals surface area (Å²) in [4.78, 5) is 40.9. The summed E-state index contributed by atoms with van der Waals surface area (Å²) in [6, 6.07) is 7.40. The molecule has 0 fully saturated rings. The highest BCUT2D eigenvalue weighted by Gasteiger charge is 2.29. The van der Waals surface area contributed by atoms with Gasteiger partial charge in [0.05, 0.1) is 25.2 Å². The van der Waals surface area contributed by atoms with Crippen molar-refractivity contribution in [2.45, 2.75) is 19.0 Å². The predicted octanol–water partition coefficient (Wildman–Crippen LogP) is 2.79. The number of furan rings is 1. The fourth-order valence-electron chi connectivity index (χ4n) is 2.96. The van der Waals surface area contributed by atoms with Crippen LogP contribution < -0.4 is 15.8 Å². The monoisotopic (exact) mass is 458 g/mol. The molecule has 0 aliphatic carbocycles. The van der Waals surface area contributed by atoms with E-state index in [0.29, 0.717) is 10.9 Å². The molecule has 11 heteroatoms. The predicted molar refractivity (Wildman–Crippen MR) is 117 cm³/mol. The van der Waals surface area contributed by atoms with Gasteiger partial charge in [-0.1, -0.05) is 17.8 Å². The van der Waals surface area contributed by atoms with E-state index in [1.807, 2.05) is 28.8 Å². The maximum Gasteiger partial charge on any atom is 0.342 e. The Bertz CT molecular complexity index is 1150. The Kier molecular flexibility index (Phi) is 7.21. The van der Waals surface area contributed by atoms with Gasteiger partial charge in [0.25, 0.3) is 5.91 Å². The largest absolute Gasteiger partial charge is 0.497 e. The fraction of sp³-hybridized carbons (Fsp3) is 0.238. The Morgan fingerprint density at radius 3 is 2.75 bits per heavy atom. The first kappa shape index (κ1) is 22.9. The van der Waals surface area contributed by atoms with Crippen LogP contribution in [0.25, 0.3) is 5.69 Å². The minimum atomic E-state index is -0.915. The zero-order valence-corrected chi connectivity index (χ0v) is 18.5. The van der Waals surface area contributed by atoms with Gasteiger partial charge in [0.2, 0.25) is 11.8 Å². The summed E-state index contributed by atoms with van der Waals surface area (Å²) in [5, 5.41) is 3.07. The Labute approximate surface area is 188 Å². The number of imidazole rings is 1. The number of carbonyl (C=O) groups is 3. The first-order chi connectivity index (χ1) is 15.3. The van der Waals surface area contributed by atoms with Gasteiger partial charge < -0.3 is 19.6 Å². The molecular formula is C21H22N4O6S. The lowest BCUT2D eigenvalue weighted by atomic mass is 10.1. The summed E-state index contributed by atoms with van der Waals surface area (Å²) in [6.45, 7) is 3.22. The van der Waals surface area contributed by atoms with Crippen LogP contribution >= 0.6 is 11.8 Å². The lowest BCUT2D eigenvalue weighted by molar-refractivity contribution is -0.113. The molecular weight excluding hydrogens is 436 g/mol. The first-order valence-corrected chi connectivity index (χ1v) is 10.5. The van der Waals surface area contributed by atoms with E-state index in [4.69, 9.17) is 19.6 Å². The summed E-state index contributed by atoms with van der Waals surface area (Å²) in [5.41, 5.74) is 5.91. The molecule has 10 nitrogen and oxygen atoms in total. The van der Waals surface area contributed by atoms with Crippen LogP contribution in [0.15, 0.2) is 46.2 Å². The number of aromatic nitrogens is 2. The second-order valence-corrected chi connectivity index (χ2v) is 7.38. The molecule has 3 rings (SSSR count). The number of amides is 2. The van der Waals surface area contributed by atoms with Crippen LogP contribution in [-0.4, -0.2) is 46.8 Å². The molecule has 0 atom stereocenters. The van der Waals surface area contributed by atoms with Crippen molar-refractivity contribution in [1.82, 2.24) is 9.55 Å². The summed E-state index contributed by atoms with van der Waals surface area (Å²) in [7, 11) is 1.58. The minimum Gasteiger partial charge on any atom is -0.497 e. The number of rotatable bonds is 9. The second-order valence-electron chi connectivity index (χ2n) is 6.44. The summed E-state index contributed by atoms with van der Waals surface area (Å²) < 4.78 is 17.4. The summed E-state index contributed by atoms with van der Waals surface area (Å²) in [6.07, 6.45) is 3.38. The molecule has 168 valence electrons. The van der Waals surface area contributed by atoms with Crippen LogP contribution in [-0.2, 0) is 9.53 Å². The number of nitrogens with one attached hydrogen (secondary N) is 1. The van der Waals surface area contributed by atoms with Gasteiger partial charge in [-0.2, -0.15) is 0 Å². The average molecular weight is 458 g/mol. The molecule has 0 spiro atoms. The topological polar surface area (TPSA) is 139 Å². The van der Waals surface area contributed by atoms with Gasteiger partial charge in [-0.25, -0.2) is 9.78 Å². The number of ether oxygens (including phenoxy) is 2. The van der Waals surface area contributed by atoms with Gasteiger partial charge in [0.1, 0.15) is 22.6 Å². The number of nitrogens with two attached hydrogens (primary N) is 1. The fourth-order valence-corrected chi connectivity index (χ4v) is 3.74. The molecule has 0 saturated heterocycles. The molecule has 1 aromatic carbocycles. The number of carbonyl (C=O) groups excluding carboxylic acids is 3. The molecule has 0 aliphatic heterocycles. The van der Waals surface area contributed by atoms with Crippen molar-refractivity contribution in [3.8, 4) is 11.4 Å². The van der Waals surface area contributed by atoms with E-state index in [2.05, 4.69) is 10.3 Å². The number of nitrogens with zero attached hydrogens (tertiary/aromatic N) is 2. The van der Waals surface area contributed by atoms with Crippen LogP contribution in [0, 0.1) is 6.92 Å². The first-order valence-electron chi connectivity index (χ1n) is 9.56. The van der Waals surface area contributed by atoms with Gasteiger partial charge in [0.15, 0.2) is 5.16 Å². The van der Waals surface area contributed by atoms with E-state index in [-0.39, 0.29) is 35.1 Å². The van der Waals surface area contributed by atoms with E-state index in [1.54, 1.807) is 26.4 Å². The van der Waals surface area contributed by atoms with E-state index in [0.717, 1.165) is 5.69 Å². The van der Waals surface area contributed by atoms with Gasteiger partial charge in [-0.05, 0) is 26.0 Å². The smallest absolute Gasteiger partial charge is 0.342 e. The molecule has 0 aliphatic rings. The maximum absolute atomic E-state index is 12.5. The second kappa shape index (κ2) is 10.1. The Morgan fingerprint density at radius 2 is 2.06 bits per heavy atom. The number of anilines is 1. The molecule has 2 amide bonds. The summed E-state index contributed by atoms with van der Waals surface area (Å²) in [5.74, 6) is -1.56. The van der Waals surface area contributed by atoms with Crippen molar-refractivity contribution < 1.29 is 28.3 Å². The lowest BCUT2D eigenvalue weighted by Gasteiger charge is -2.09.